The van der Waals surface area contributed by atoms with Crippen LogP contribution in [-0.4, -0.2) is 27.1 Å². The second-order valence-electron chi connectivity index (χ2n) is 5.94. The van der Waals surface area contributed by atoms with Crippen molar-refractivity contribution in [3.63, 3.8) is 0 Å². The molecule has 138 valence electrons. The predicted octanol–water partition coefficient (Wildman–Crippen LogP) is 3.70. The minimum absolute atomic E-state index is 0.0642. The maximum atomic E-state index is 14.6. The van der Waals surface area contributed by atoms with Gasteiger partial charge in [0.2, 0.25) is 12.2 Å². The van der Waals surface area contributed by atoms with E-state index in [4.69, 9.17) is 0 Å². The summed E-state index contributed by atoms with van der Waals surface area (Å²) in [6, 6.07) is 7.27. The molecular weight excluding hydrogens is 366 g/mol. The zero-order valence-corrected chi connectivity index (χ0v) is 14.2. The first-order chi connectivity index (χ1) is 13.6. The number of halogens is 2. The van der Waals surface area contributed by atoms with E-state index in [9.17, 15) is 18.4 Å². The maximum absolute atomic E-state index is 14.6. The van der Waals surface area contributed by atoms with Crippen LogP contribution in [0.5, 0.6) is 0 Å². The van der Waals surface area contributed by atoms with Crippen LogP contribution in [0.3, 0.4) is 0 Å². The number of hydrogen-bond donors (Lipinski definition) is 2. The number of carbonyl (C=O) groups excluding carboxylic acids is 2. The monoisotopic (exact) mass is 378 g/mol. The highest BCUT2D eigenvalue weighted by Crippen LogP contribution is 2.28. The van der Waals surface area contributed by atoms with Crippen LogP contribution in [0.15, 0.2) is 55.1 Å². The lowest BCUT2D eigenvalue weighted by Gasteiger charge is -2.08. The van der Waals surface area contributed by atoms with Crippen molar-refractivity contribution >= 4 is 28.9 Å². The van der Waals surface area contributed by atoms with Gasteiger partial charge in [0, 0.05) is 46.9 Å². The molecule has 4 aromatic rings. The van der Waals surface area contributed by atoms with E-state index in [0.717, 1.165) is 17.7 Å². The van der Waals surface area contributed by atoms with Gasteiger partial charge in [-0.3, -0.25) is 14.6 Å². The van der Waals surface area contributed by atoms with Gasteiger partial charge in [-0.2, -0.15) is 0 Å². The Labute approximate surface area is 157 Å². The number of pyridine rings is 2. The van der Waals surface area contributed by atoms with Gasteiger partial charge in [0.25, 0.3) is 0 Å². The number of H-pyrrole nitrogens is 1. The van der Waals surface area contributed by atoms with Gasteiger partial charge in [0.1, 0.15) is 11.5 Å². The molecule has 0 saturated heterocycles. The average molecular weight is 378 g/mol. The molecule has 0 spiro atoms. The van der Waals surface area contributed by atoms with Crippen LogP contribution in [0.25, 0.3) is 22.2 Å². The SMILES string of the molecule is O=CNc1ccc(F)c(C(=O)c2c[nH]c3ncc(-c4cccnc4)cc23)c1F. The molecule has 0 aliphatic carbocycles. The van der Waals surface area contributed by atoms with Crippen molar-refractivity contribution in [3.8, 4) is 11.1 Å². The molecule has 0 atom stereocenters. The van der Waals surface area contributed by atoms with Gasteiger partial charge in [-0.25, -0.2) is 13.8 Å². The molecular formula is C20H12F2N4O2. The molecule has 1 aromatic carbocycles. The predicted molar refractivity (Wildman–Crippen MR) is 98.8 cm³/mol. The first-order valence-electron chi connectivity index (χ1n) is 8.20. The fourth-order valence-corrected chi connectivity index (χ4v) is 2.95. The maximum Gasteiger partial charge on any atom is 0.211 e. The second kappa shape index (κ2) is 6.99. The van der Waals surface area contributed by atoms with Gasteiger partial charge >= 0.3 is 0 Å². The quantitative estimate of drug-likeness (QED) is 0.409. The number of aromatic nitrogens is 3. The van der Waals surface area contributed by atoms with Crippen LogP contribution in [0.4, 0.5) is 14.5 Å². The van der Waals surface area contributed by atoms with Gasteiger partial charge in [0.15, 0.2) is 5.82 Å². The van der Waals surface area contributed by atoms with E-state index in [1.165, 1.54) is 6.20 Å². The summed E-state index contributed by atoms with van der Waals surface area (Å²) in [6.07, 6.45) is 6.49. The molecule has 1 amide bonds. The van der Waals surface area contributed by atoms with Crippen molar-refractivity contribution in [1.82, 2.24) is 15.0 Å². The molecule has 0 aliphatic rings. The van der Waals surface area contributed by atoms with E-state index in [-0.39, 0.29) is 17.7 Å². The average Bonchev–Trinajstić information content (AvgIpc) is 3.14. The lowest BCUT2D eigenvalue weighted by atomic mass is 10.00. The van der Waals surface area contributed by atoms with E-state index in [1.807, 2.05) is 6.07 Å². The van der Waals surface area contributed by atoms with Gasteiger partial charge in [-0.1, -0.05) is 6.07 Å². The summed E-state index contributed by atoms with van der Waals surface area (Å²) in [5.74, 6) is -3.02. The van der Waals surface area contributed by atoms with Crippen LogP contribution in [0, 0.1) is 11.6 Å². The summed E-state index contributed by atoms with van der Waals surface area (Å²) in [7, 11) is 0. The van der Waals surface area contributed by atoms with Crippen LogP contribution < -0.4 is 5.32 Å². The fourth-order valence-electron chi connectivity index (χ4n) is 2.95. The van der Waals surface area contributed by atoms with E-state index in [0.29, 0.717) is 16.6 Å². The molecule has 0 unspecified atom stereocenters. The van der Waals surface area contributed by atoms with Crippen LogP contribution in [0.1, 0.15) is 15.9 Å². The molecule has 6 nitrogen and oxygen atoms in total. The van der Waals surface area contributed by atoms with Crippen molar-refractivity contribution in [2.45, 2.75) is 0 Å². The lowest BCUT2D eigenvalue weighted by Crippen LogP contribution is -2.10. The number of ketones is 1. The van der Waals surface area contributed by atoms with Crippen molar-refractivity contribution in [1.29, 1.82) is 0 Å². The summed E-state index contributed by atoms with van der Waals surface area (Å²) in [6.45, 7) is 0. The molecule has 0 radical (unpaired) electrons. The summed E-state index contributed by atoms with van der Waals surface area (Å²) < 4.78 is 28.8. The molecule has 2 N–H and O–H groups in total. The third kappa shape index (κ3) is 2.90. The van der Waals surface area contributed by atoms with Crippen LogP contribution >= 0.6 is 0 Å². The highest BCUT2D eigenvalue weighted by atomic mass is 19.1. The molecule has 4 rings (SSSR count). The molecule has 8 heteroatoms. The number of fused-ring (bicyclic) bond motifs is 1. The van der Waals surface area contributed by atoms with E-state index >= 15 is 0 Å². The molecule has 0 fully saturated rings. The third-order valence-corrected chi connectivity index (χ3v) is 4.30. The smallest absolute Gasteiger partial charge is 0.211 e. The Bertz CT molecular complexity index is 1210. The number of hydrogen-bond acceptors (Lipinski definition) is 4. The number of rotatable bonds is 5. The number of nitrogens with one attached hydrogen (secondary N) is 2. The first kappa shape index (κ1) is 17.5. The summed E-state index contributed by atoms with van der Waals surface area (Å²) in [5, 5.41) is 2.53. The van der Waals surface area contributed by atoms with E-state index < -0.39 is 23.0 Å². The zero-order chi connectivity index (χ0) is 19.7. The Balaban J connectivity index is 1.85. The molecule has 0 bridgehead atoms. The van der Waals surface area contributed by atoms with Gasteiger partial charge < -0.3 is 10.3 Å². The molecule has 0 saturated carbocycles. The molecule has 3 heterocycles. The van der Waals surface area contributed by atoms with E-state index in [1.54, 1.807) is 30.7 Å². The number of anilines is 1. The number of benzene rings is 1. The van der Waals surface area contributed by atoms with Gasteiger partial charge in [0.05, 0.1) is 11.3 Å². The standard InChI is InChI=1S/C20H12F2N4O2/c21-15-3-4-16(26-10-27)18(22)17(15)19(28)14-9-25-20-13(14)6-12(8-24-20)11-2-1-5-23-7-11/h1-10H,(H,24,25)(H,26,27). The van der Waals surface area contributed by atoms with Crippen LogP contribution in [-0.2, 0) is 4.79 Å². The third-order valence-electron chi connectivity index (χ3n) is 4.30. The molecule has 3 aromatic heterocycles. The number of carbonyl (C=O) groups is 2. The number of nitrogens with zero attached hydrogens (tertiary/aromatic N) is 2. The Kier molecular flexibility index (Phi) is 4.36. The normalized spacial score (nSPS) is 10.8. The largest absolute Gasteiger partial charge is 0.345 e. The summed E-state index contributed by atoms with van der Waals surface area (Å²) in [5.41, 5.74) is 0.916. The Morgan fingerprint density at radius 2 is 2.00 bits per heavy atom. The second-order valence-corrected chi connectivity index (χ2v) is 5.94. The topological polar surface area (TPSA) is 87.7 Å². The molecule has 28 heavy (non-hydrogen) atoms. The van der Waals surface area contributed by atoms with Crippen molar-refractivity contribution in [2.24, 2.45) is 0 Å². The lowest BCUT2D eigenvalue weighted by molar-refractivity contribution is -0.105. The Morgan fingerprint density at radius 3 is 2.75 bits per heavy atom. The number of amides is 1. The van der Waals surface area contributed by atoms with Crippen LogP contribution in [0.2, 0.25) is 0 Å². The minimum Gasteiger partial charge on any atom is -0.345 e. The molecule has 0 aliphatic heterocycles. The first-order valence-corrected chi connectivity index (χ1v) is 8.20. The zero-order valence-electron chi connectivity index (χ0n) is 14.2. The highest BCUT2D eigenvalue weighted by Gasteiger charge is 2.24. The van der Waals surface area contributed by atoms with Gasteiger partial charge in [-0.05, 0) is 24.3 Å². The summed E-state index contributed by atoms with van der Waals surface area (Å²) >= 11 is 0. The Hall–Kier alpha value is -3.94. The van der Waals surface area contributed by atoms with E-state index in [2.05, 4.69) is 20.3 Å². The van der Waals surface area contributed by atoms with Crippen molar-refractivity contribution in [2.75, 3.05) is 5.32 Å². The highest BCUT2D eigenvalue weighted by molar-refractivity contribution is 6.17. The van der Waals surface area contributed by atoms with Crippen molar-refractivity contribution in [3.05, 3.63) is 77.9 Å². The van der Waals surface area contributed by atoms with Crippen molar-refractivity contribution < 1.29 is 18.4 Å². The fraction of sp³-hybridized carbons (Fsp3) is 0. The minimum atomic E-state index is -1.14. The van der Waals surface area contributed by atoms with Gasteiger partial charge in [-0.15, -0.1) is 0 Å². The Morgan fingerprint density at radius 1 is 1.14 bits per heavy atom. The summed E-state index contributed by atoms with van der Waals surface area (Å²) in [4.78, 5) is 34.6. The number of aromatic amines is 1.